The first kappa shape index (κ1) is 14.9. The van der Waals surface area contributed by atoms with Crippen LogP contribution in [-0.2, 0) is 0 Å². The van der Waals surface area contributed by atoms with Crippen LogP contribution in [0, 0.1) is 28.4 Å². The van der Waals surface area contributed by atoms with Gasteiger partial charge in [-0.2, -0.15) is 5.26 Å². The topological polar surface area (TPSA) is 88.2 Å². The Kier molecular flexibility index (Phi) is 5.27. The lowest BCUT2D eigenvalue weighted by molar-refractivity contribution is -0.385. The normalized spacial score (nSPS) is 11.9. The fourth-order valence-corrected chi connectivity index (χ4v) is 1.66. The summed E-state index contributed by atoms with van der Waals surface area (Å²) in [6.45, 7) is 5.65. The number of hydrogen-bond acceptors (Lipinski definition) is 5. The zero-order valence-corrected chi connectivity index (χ0v) is 11.2. The van der Waals surface area contributed by atoms with Crippen molar-refractivity contribution in [2.45, 2.75) is 32.9 Å². The van der Waals surface area contributed by atoms with Crippen molar-refractivity contribution in [3.63, 3.8) is 0 Å². The highest BCUT2D eigenvalue weighted by atomic mass is 16.6. The van der Waals surface area contributed by atoms with Crippen LogP contribution in [0.2, 0.25) is 0 Å². The monoisotopic (exact) mass is 263 g/mol. The molecule has 0 aliphatic heterocycles. The lowest BCUT2D eigenvalue weighted by Gasteiger charge is -2.16. The highest BCUT2D eigenvalue weighted by Crippen LogP contribution is 2.26. The fraction of sp³-hybridized carbons (Fsp3) is 0.462. The first-order chi connectivity index (χ1) is 8.95. The fourth-order valence-electron chi connectivity index (χ4n) is 1.66. The molecule has 0 spiro atoms. The molecule has 0 aliphatic rings. The molecule has 1 rings (SSSR count). The van der Waals surface area contributed by atoms with Crippen LogP contribution in [0.25, 0.3) is 0 Å². The van der Waals surface area contributed by atoms with E-state index in [9.17, 15) is 10.1 Å². The molecule has 1 aromatic rings. The van der Waals surface area contributed by atoms with E-state index in [0.29, 0.717) is 11.3 Å². The molecule has 0 saturated heterocycles. The van der Waals surface area contributed by atoms with E-state index in [1.807, 2.05) is 13.8 Å². The number of nitriles is 1. The maximum atomic E-state index is 10.8. The maximum Gasteiger partial charge on any atom is 0.276 e. The number of nitrogens with zero attached hydrogens (tertiary/aromatic N) is 2. The van der Waals surface area contributed by atoms with Gasteiger partial charge in [0.2, 0.25) is 0 Å². The Morgan fingerprint density at radius 1 is 1.53 bits per heavy atom. The molecule has 1 aromatic carbocycles. The van der Waals surface area contributed by atoms with Crippen molar-refractivity contribution in [1.29, 1.82) is 5.26 Å². The lowest BCUT2D eigenvalue weighted by atomic mass is 10.2. The van der Waals surface area contributed by atoms with Crippen LogP contribution in [0.5, 0.6) is 5.75 Å². The summed E-state index contributed by atoms with van der Waals surface area (Å²) in [6, 6.07) is 6.46. The second-order valence-corrected chi connectivity index (χ2v) is 4.47. The standard InChI is InChI=1S/C13H17N3O3/c1-9(2)15-11(7-14)8-19-13-6-4-5-12(10(13)3)16(17)18/h4-6,9,11,15H,8H2,1-3H3. The average Bonchev–Trinajstić information content (AvgIpc) is 2.35. The molecule has 19 heavy (non-hydrogen) atoms. The molecule has 1 N–H and O–H groups in total. The number of nitrogens with one attached hydrogen (secondary N) is 1. The van der Waals surface area contributed by atoms with E-state index in [4.69, 9.17) is 10.00 Å². The van der Waals surface area contributed by atoms with Crippen molar-refractivity contribution in [2.24, 2.45) is 0 Å². The Hall–Kier alpha value is -2.13. The minimum absolute atomic E-state index is 0.0165. The summed E-state index contributed by atoms with van der Waals surface area (Å²) >= 11 is 0. The van der Waals surface area contributed by atoms with Crippen molar-refractivity contribution in [2.75, 3.05) is 6.61 Å². The summed E-state index contributed by atoms with van der Waals surface area (Å²) in [6.07, 6.45) is 0. The van der Waals surface area contributed by atoms with E-state index in [2.05, 4.69) is 11.4 Å². The molecule has 1 atom stereocenters. The molecule has 0 bridgehead atoms. The summed E-state index contributed by atoms with van der Waals surface area (Å²) in [4.78, 5) is 10.4. The minimum atomic E-state index is -0.448. The van der Waals surface area contributed by atoms with Gasteiger partial charge in [-0.1, -0.05) is 6.07 Å². The van der Waals surface area contributed by atoms with Crippen LogP contribution in [-0.4, -0.2) is 23.6 Å². The quantitative estimate of drug-likeness (QED) is 0.627. The number of rotatable bonds is 6. The van der Waals surface area contributed by atoms with Crippen molar-refractivity contribution < 1.29 is 9.66 Å². The predicted molar refractivity (Wildman–Crippen MR) is 71.0 cm³/mol. The second kappa shape index (κ2) is 6.71. The SMILES string of the molecule is Cc1c(OCC(C#N)NC(C)C)cccc1[N+](=O)[O-]. The van der Waals surface area contributed by atoms with Crippen LogP contribution in [0.15, 0.2) is 18.2 Å². The molecular formula is C13H17N3O3. The zero-order valence-electron chi connectivity index (χ0n) is 11.2. The molecule has 1 unspecified atom stereocenters. The number of nitro groups is 1. The lowest BCUT2D eigenvalue weighted by Crippen LogP contribution is -2.38. The Balaban J connectivity index is 2.75. The van der Waals surface area contributed by atoms with Gasteiger partial charge in [0.1, 0.15) is 18.4 Å². The first-order valence-electron chi connectivity index (χ1n) is 5.98. The molecule has 0 heterocycles. The van der Waals surface area contributed by atoms with E-state index in [1.54, 1.807) is 19.1 Å². The van der Waals surface area contributed by atoms with E-state index in [-0.39, 0.29) is 18.3 Å². The third-order valence-corrected chi connectivity index (χ3v) is 2.55. The van der Waals surface area contributed by atoms with Gasteiger partial charge in [-0.3, -0.25) is 15.4 Å². The van der Waals surface area contributed by atoms with E-state index < -0.39 is 11.0 Å². The number of benzene rings is 1. The summed E-state index contributed by atoms with van der Waals surface area (Å²) in [7, 11) is 0. The average molecular weight is 263 g/mol. The van der Waals surface area contributed by atoms with Gasteiger partial charge in [0.05, 0.1) is 16.6 Å². The van der Waals surface area contributed by atoms with Crippen molar-refractivity contribution in [3.8, 4) is 11.8 Å². The van der Waals surface area contributed by atoms with Crippen molar-refractivity contribution in [3.05, 3.63) is 33.9 Å². The molecule has 0 aromatic heterocycles. The van der Waals surface area contributed by atoms with Gasteiger partial charge in [0.15, 0.2) is 0 Å². The number of hydrogen-bond donors (Lipinski definition) is 1. The summed E-state index contributed by atoms with van der Waals surface area (Å²) < 4.78 is 5.49. The van der Waals surface area contributed by atoms with Crippen LogP contribution >= 0.6 is 0 Å². The zero-order chi connectivity index (χ0) is 14.4. The van der Waals surface area contributed by atoms with Gasteiger partial charge in [-0.05, 0) is 26.8 Å². The highest BCUT2D eigenvalue weighted by molar-refractivity contribution is 5.48. The molecule has 0 saturated carbocycles. The van der Waals surface area contributed by atoms with Crippen LogP contribution in [0.3, 0.4) is 0 Å². The Morgan fingerprint density at radius 2 is 2.21 bits per heavy atom. The van der Waals surface area contributed by atoms with Gasteiger partial charge in [-0.25, -0.2) is 0 Å². The van der Waals surface area contributed by atoms with Gasteiger partial charge in [-0.15, -0.1) is 0 Å². The number of ether oxygens (including phenoxy) is 1. The van der Waals surface area contributed by atoms with Crippen molar-refractivity contribution in [1.82, 2.24) is 5.32 Å². The summed E-state index contributed by atoms with van der Waals surface area (Å²) in [5, 5.41) is 22.8. The maximum absolute atomic E-state index is 10.8. The third kappa shape index (κ3) is 4.23. The molecule has 102 valence electrons. The third-order valence-electron chi connectivity index (χ3n) is 2.55. The Morgan fingerprint density at radius 3 is 2.74 bits per heavy atom. The molecule has 0 radical (unpaired) electrons. The molecule has 0 fully saturated rings. The second-order valence-electron chi connectivity index (χ2n) is 4.47. The van der Waals surface area contributed by atoms with Gasteiger partial charge >= 0.3 is 0 Å². The predicted octanol–water partition coefficient (Wildman–Crippen LogP) is 2.17. The molecule has 0 aliphatic carbocycles. The summed E-state index contributed by atoms with van der Waals surface area (Å²) in [5.74, 6) is 0.431. The molecule has 6 nitrogen and oxygen atoms in total. The smallest absolute Gasteiger partial charge is 0.276 e. The minimum Gasteiger partial charge on any atom is -0.490 e. The molecular weight excluding hydrogens is 246 g/mol. The Labute approximate surface area is 112 Å². The van der Waals surface area contributed by atoms with Gasteiger partial charge < -0.3 is 4.74 Å². The highest BCUT2D eigenvalue weighted by Gasteiger charge is 2.16. The van der Waals surface area contributed by atoms with Gasteiger partial charge in [0, 0.05) is 12.1 Å². The van der Waals surface area contributed by atoms with Crippen LogP contribution < -0.4 is 10.1 Å². The number of nitro benzene ring substituents is 1. The molecule has 6 heteroatoms. The largest absolute Gasteiger partial charge is 0.490 e. The van der Waals surface area contributed by atoms with E-state index in [1.165, 1.54) is 6.07 Å². The van der Waals surface area contributed by atoms with Gasteiger partial charge in [0.25, 0.3) is 5.69 Å². The first-order valence-corrected chi connectivity index (χ1v) is 5.98. The van der Waals surface area contributed by atoms with Crippen molar-refractivity contribution >= 4 is 5.69 Å². The van der Waals surface area contributed by atoms with E-state index in [0.717, 1.165) is 0 Å². The molecule has 0 amide bonds. The van der Waals surface area contributed by atoms with E-state index >= 15 is 0 Å². The Bertz CT molecular complexity index is 494. The van der Waals surface area contributed by atoms with Crippen LogP contribution in [0.1, 0.15) is 19.4 Å². The van der Waals surface area contributed by atoms with Crippen LogP contribution in [0.4, 0.5) is 5.69 Å². The summed E-state index contributed by atoms with van der Waals surface area (Å²) in [5.41, 5.74) is 0.483.